The van der Waals surface area contributed by atoms with E-state index in [1.54, 1.807) is 18.2 Å². The summed E-state index contributed by atoms with van der Waals surface area (Å²) in [7, 11) is 1.48. The molecule has 2 heterocycles. The Balaban J connectivity index is 1.22. The minimum absolute atomic E-state index is 0.142. The molecule has 0 N–H and O–H groups in total. The Morgan fingerprint density at radius 2 is 1.80 bits per heavy atom. The number of methoxy groups -OCH3 is 1. The molecule has 2 aliphatic rings. The van der Waals surface area contributed by atoms with E-state index in [0.29, 0.717) is 28.7 Å². The van der Waals surface area contributed by atoms with E-state index >= 15 is 0 Å². The molecule has 6 nitrogen and oxygen atoms in total. The van der Waals surface area contributed by atoms with E-state index in [0.717, 1.165) is 64.0 Å². The Morgan fingerprint density at radius 1 is 1.09 bits per heavy atom. The number of likely N-dealkylation sites (tertiary alicyclic amines) is 2. The third kappa shape index (κ3) is 6.98. The minimum atomic E-state index is -0.217. The highest BCUT2D eigenvalue weighted by molar-refractivity contribution is 6.32. The number of nitrogens with zero attached hydrogens (tertiary/aromatic N) is 3. The topological polar surface area (TPSA) is 65.8 Å². The highest BCUT2D eigenvalue weighted by atomic mass is 35.5. The molecule has 186 valence electrons. The molecule has 0 aromatic heterocycles. The Hall–Kier alpha value is -2.59. The zero-order chi connectivity index (χ0) is 24.6. The van der Waals surface area contributed by atoms with Gasteiger partial charge in [0.2, 0.25) is 0 Å². The first-order chi connectivity index (χ1) is 17.1. The highest BCUT2D eigenvalue weighted by Gasteiger charge is 2.32. The number of hydrogen-bond donors (Lipinski definition) is 0. The van der Waals surface area contributed by atoms with Crippen molar-refractivity contribution in [3.05, 3.63) is 64.7 Å². The fourth-order valence-electron chi connectivity index (χ4n) is 5.20. The smallest absolute Gasteiger partial charge is 0.323 e. The molecule has 4 rings (SSSR count). The van der Waals surface area contributed by atoms with Gasteiger partial charge in [-0.3, -0.25) is 9.69 Å². The van der Waals surface area contributed by atoms with Gasteiger partial charge in [0.15, 0.2) is 0 Å². The predicted molar refractivity (Wildman–Crippen MR) is 137 cm³/mol. The molecule has 35 heavy (non-hydrogen) atoms. The van der Waals surface area contributed by atoms with E-state index < -0.39 is 0 Å². The number of rotatable bonds is 8. The molecule has 1 atom stereocenters. The van der Waals surface area contributed by atoms with Crippen molar-refractivity contribution in [2.24, 2.45) is 5.92 Å². The number of piperidine rings is 2. The Labute approximate surface area is 213 Å². The Kier molecular flexibility index (Phi) is 9.03. The number of ether oxygens (including phenoxy) is 2. The maximum Gasteiger partial charge on any atom is 0.323 e. The summed E-state index contributed by atoms with van der Waals surface area (Å²) in [6.45, 7) is 4.97. The summed E-state index contributed by atoms with van der Waals surface area (Å²) in [6, 6.07) is 17.3. The summed E-state index contributed by atoms with van der Waals surface area (Å²) in [5.74, 6) is 1.16. The maximum atomic E-state index is 12.5. The molecule has 2 fully saturated rings. The third-order valence-corrected chi connectivity index (χ3v) is 7.54. The molecule has 0 amide bonds. The van der Waals surface area contributed by atoms with Crippen LogP contribution in [0.25, 0.3) is 0 Å². The van der Waals surface area contributed by atoms with Gasteiger partial charge in [0.25, 0.3) is 0 Å². The molecule has 0 spiro atoms. The van der Waals surface area contributed by atoms with Gasteiger partial charge in [0, 0.05) is 19.6 Å². The van der Waals surface area contributed by atoms with E-state index in [9.17, 15) is 4.79 Å². The molecular formula is C28H34ClN3O3. The second kappa shape index (κ2) is 12.4. The molecule has 2 aliphatic heterocycles. The second-order valence-corrected chi connectivity index (χ2v) is 9.99. The number of halogens is 1. The molecule has 0 aliphatic carbocycles. The first kappa shape index (κ1) is 25.5. The lowest BCUT2D eigenvalue weighted by Crippen LogP contribution is -2.49. The molecule has 2 saturated heterocycles. The van der Waals surface area contributed by atoms with E-state index in [2.05, 4.69) is 28.0 Å². The Bertz CT molecular complexity index is 1010. The van der Waals surface area contributed by atoms with Crippen molar-refractivity contribution >= 4 is 17.6 Å². The largest absolute Gasteiger partial charge is 0.489 e. The van der Waals surface area contributed by atoms with Crippen LogP contribution in [0.1, 0.15) is 36.8 Å². The fraction of sp³-hybridized carbons (Fsp3) is 0.500. The first-order valence-electron chi connectivity index (χ1n) is 12.5. The number of carbonyl (C=O) groups is 1. The first-order valence-corrected chi connectivity index (χ1v) is 12.9. The lowest BCUT2D eigenvalue weighted by molar-refractivity contribution is -0.147. The van der Waals surface area contributed by atoms with Gasteiger partial charge in [-0.2, -0.15) is 5.26 Å². The van der Waals surface area contributed by atoms with Crippen molar-refractivity contribution in [1.29, 1.82) is 5.26 Å². The lowest BCUT2D eigenvalue weighted by Gasteiger charge is -2.39. The van der Waals surface area contributed by atoms with Crippen LogP contribution in [0.3, 0.4) is 0 Å². The van der Waals surface area contributed by atoms with Crippen LogP contribution in [-0.4, -0.2) is 67.7 Å². The minimum Gasteiger partial charge on any atom is -0.489 e. The van der Waals surface area contributed by atoms with Gasteiger partial charge in [-0.1, -0.05) is 41.9 Å². The molecule has 0 radical (unpaired) electrons. The second-order valence-electron chi connectivity index (χ2n) is 9.58. The van der Waals surface area contributed by atoms with Crippen LogP contribution in [-0.2, 0) is 16.0 Å². The summed E-state index contributed by atoms with van der Waals surface area (Å²) in [4.78, 5) is 17.4. The van der Waals surface area contributed by atoms with E-state index in [1.165, 1.54) is 7.11 Å². The zero-order valence-corrected chi connectivity index (χ0v) is 21.1. The van der Waals surface area contributed by atoms with Crippen molar-refractivity contribution in [3.63, 3.8) is 0 Å². The number of hydrogen-bond acceptors (Lipinski definition) is 6. The lowest BCUT2D eigenvalue weighted by atomic mass is 9.93. The summed E-state index contributed by atoms with van der Waals surface area (Å²) >= 11 is 6.27. The van der Waals surface area contributed by atoms with Crippen molar-refractivity contribution in [2.75, 3.05) is 39.8 Å². The van der Waals surface area contributed by atoms with Gasteiger partial charge >= 0.3 is 5.97 Å². The van der Waals surface area contributed by atoms with Crippen molar-refractivity contribution in [3.8, 4) is 11.8 Å². The quantitative estimate of drug-likeness (QED) is 0.500. The SMILES string of the molecule is COC(=O)C(Cc1ccccc1)N1CCC(CN2CCC(Oc3ccc(C#N)cc3Cl)CC2)CC1. The molecule has 2 aromatic carbocycles. The van der Waals surface area contributed by atoms with Crippen molar-refractivity contribution in [2.45, 2.75) is 44.2 Å². The fourth-order valence-corrected chi connectivity index (χ4v) is 5.43. The van der Waals surface area contributed by atoms with Crippen molar-refractivity contribution < 1.29 is 14.3 Å². The summed E-state index contributed by atoms with van der Waals surface area (Å²) in [5.41, 5.74) is 1.71. The van der Waals surface area contributed by atoms with Crippen LogP contribution < -0.4 is 4.74 Å². The molecule has 0 saturated carbocycles. The standard InChI is InChI=1S/C28H34ClN3O3/c1-34-28(33)26(18-21-5-3-2-4-6-21)32-15-9-22(10-16-32)20-31-13-11-24(12-14-31)35-27-8-7-23(19-30)17-25(27)29/h2-8,17,22,24,26H,9-16,18,20H2,1H3. The predicted octanol–water partition coefficient (Wildman–Crippen LogP) is 4.55. The summed E-state index contributed by atoms with van der Waals surface area (Å²) < 4.78 is 11.3. The van der Waals surface area contributed by atoms with Crippen LogP contribution in [0.4, 0.5) is 0 Å². The number of carbonyl (C=O) groups excluding carboxylic acids is 1. The number of nitriles is 1. The van der Waals surface area contributed by atoms with Gasteiger partial charge < -0.3 is 14.4 Å². The molecule has 7 heteroatoms. The van der Waals surface area contributed by atoms with Gasteiger partial charge in [0.1, 0.15) is 17.9 Å². The number of benzene rings is 2. The van der Waals surface area contributed by atoms with Gasteiger partial charge in [-0.15, -0.1) is 0 Å². The van der Waals surface area contributed by atoms with Gasteiger partial charge in [0.05, 0.1) is 23.8 Å². The average Bonchev–Trinajstić information content (AvgIpc) is 2.90. The monoisotopic (exact) mass is 495 g/mol. The molecular weight excluding hydrogens is 462 g/mol. The molecule has 2 aromatic rings. The van der Waals surface area contributed by atoms with Crippen LogP contribution >= 0.6 is 11.6 Å². The number of esters is 1. The van der Waals surface area contributed by atoms with E-state index in [1.807, 2.05) is 18.2 Å². The maximum absolute atomic E-state index is 12.5. The van der Waals surface area contributed by atoms with Gasteiger partial charge in [-0.05, 0) is 74.9 Å². The molecule has 1 unspecified atom stereocenters. The molecule has 0 bridgehead atoms. The Morgan fingerprint density at radius 3 is 2.43 bits per heavy atom. The van der Waals surface area contributed by atoms with Crippen LogP contribution in [0, 0.1) is 17.2 Å². The third-order valence-electron chi connectivity index (χ3n) is 7.24. The van der Waals surface area contributed by atoms with E-state index in [4.69, 9.17) is 26.3 Å². The zero-order valence-electron chi connectivity index (χ0n) is 20.4. The highest BCUT2D eigenvalue weighted by Crippen LogP contribution is 2.29. The van der Waals surface area contributed by atoms with Crippen LogP contribution in [0.2, 0.25) is 5.02 Å². The normalized spacial score (nSPS) is 19.1. The average molecular weight is 496 g/mol. The van der Waals surface area contributed by atoms with E-state index in [-0.39, 0.29) is 18.1 Å². The summed E-state index contributed by atoms with van der Waals surface area (Å²) in [5, 5.41) is 9.49. The summed E-state index contributed by atoms with van der Waals surface area (Å²) in [6.07, 6.45) is 4.97. The van der Waals surface area contributed by atoms with Crippen LogP contribution in [0.15, 0.2) is 48.5 Å². The van der Waals surface area contributed by atoms with Crippen molar-refractivity contribution in [1.82, 2.24) is 9.80 Å². The van der Waals surface area contributed by atoms with Gasteiger partial charge in [-0.25, -0.2) is 0 Å². The van der Waals surface area contributed by atoms with Crippen LogP contribution in [0.5, 0.6) is 5.75 Å².